The van der Waals surface area contributed by atoms with Crippen LogP contribution in [-0.2, 0) is 29.2 Å². The molecule has 3 rings (SSSR count). The summed E-state index contributed by atoms with van der Waals surface area (Å²) in [7, 11) is 1.78. The summed E-state index contributed by atoms with van der Waals surface area (Å²) in [6.45, 7) is 1.87. The number of alkyl halides is 6. The minimum absolute atomic E-state index is 0.0502. The van der Waals surface area contributed by atoms with E-state index in [9.17, 15) is 35.5 Å². The predicted molar refractivity (Wildman–Crippen MR) is 122 cm³/mol. The van der Waals surface area contributed by atoms with E-state index in [0.29, 0.717) is 37.1 Å². The smallest absolute Gasteiger partial charge is 0.374 e. The van der Waals surface area contributed by atoms with Gasteiger partial charge in [0.25, 0.3) is 0 Å². The molecule has 0 bridgehead atoms. The highest BCUT2D eigenvalue weighted by Gasteiger charge is 2.46. The Balaban J connectivity index is 1.87. The Morgan fingerprint density at radius 3 is 2.16 bits per heavy atom. The fourth-order valence-electron chi connectivity index (χ4n) is 4.41. The van der Waals surface area contributed by atoms with E-state index in [0.717, 1.165) is 0 Å². The summed E-state index contributed by atoms with van der Waals surface area (Å²) >= 11 is 0. The lowest BCUT2D eigenvalue weighted by atomic mass is 9.91. The van der Waals surface area contributed by atoms with Crippen LogP contribution in [0.5, 0.6) is 0 Å². The first-order chi connectivity index (χ1) is 17.3. The van der Waals surface area contributed by atoms with Crippen molar-refractivity contribution in [3.8, 4) is 0 Å². The average Bonchev–Trinajstić information content (AvgIpc) is 3.16. The molecular formula is C25H28F7N3O2. The van der Waals surface area contributed by atoms with Crippen LogP contribution in [-0.4, -0.2) is 43.7 Å². The normalized spacial score (nSPS) is 19.3. The maximum Gasteiger partial charge on any atom is 0.416 e. The maximum atomic E-state index is 13.6. The molecule has 2 atom stereocenters. The predicted octanol–water partition coefficient (Wildman–Crippen LogP) is 5.69. The van der Waals surface area contributed by atoms with Crippen LogP contribution in [0, 0.1) is 5.82 Å². The monoisotopic (exact) mass is 535 g/mol. The summed E-state index contributed by atoms with van der Waals surface area (Å²) < 4.78 is 98.5. The molecule has 1 fully saturated rings. The van der Waals surface area contributed by atoms with Crippen LogP contribution in [0.25, 0.3) is 0 Å². The number of carbonyl (C=O) groups excluding carboxylic acids is 1. The van der Waals surface area contributed by atoms with Gasteiger partial charge in [0.1, 0.15) is 11.4 Å². The summed E-state index contributed by atoms with van der Waals surface area (Å²) in [6.07, 6.45) is -8.65. The first-order valence-electron chi connectivity index (χ1n) is 11.6. The Morgan fingerprint density at radius 1 is 1.05 bits per heavy atom. The van der Waals surface area contributed by atoms with Crippen molar-refractivity contribution < 1.29 is 40.3 Å². The van der Waals surface area contributed by atoms with Gasteiger partial charge in [-0.05, 0) is 67.9 Å². The van der Waals surface area contributed by atoms with Gasteiger partial charge in [-0.2, -0.15) is 26.3 Å². The molecule has 1 heterocycles. The van der Waals surface area contributed by atoms with Crippen molar-refractivity contribution in [3.05, 3.63) is 70.5 Å². The number of hydrogen-bond acceptors (Lipinski definition) is 3. The van der Waals surface area contributed by atoms with E-state index in [1.54, 1.807) is 11.9 Å². The topological polar surface area (TPSA) is 53.6 Å². The number of hydrogen-bond donors (Lipinski definition) is 2. The largest absolute Gasteiger partial charge is 0.416 e. The van der Waals surface area contributed by atoms with Crippen molar-refractivity contribution in [1.82, 2.24) is 15.5 Å². The molecule has 2 amide bonds. The van der Waals surface area contributed by atoms with E-state index >= 15 is 0 Å². The third kappa shape index (κ3) is 6.92. The van der Waals surface area contributed by atoms with Crippen LogP contribution in [0.1, 0.15) is 42.0 Å². The highest BCUT2D eigenvalue weighted by molar-refractivity contribution is 5.79. The first-order valence-corrected chi connectivity index (χ1v) is 11.6. The first kappa shape index (κ1) is 28.7. The SMILES string of the molecule is CCC(CCNC)N1CC(COCc2cc(C(F)(F)F)cc(C(F)(F)F)c2)(c2ccc(F)cc2)NC1=O. The van der Waals surface area contributed by atoms with E-state index in [1.807, 2.05) is 6.92 Å². The lowest BCUT2D eigenvalue weighted by Gasteiger charge is -2.31. The molecule has 1 aliphatic heterocycles. The number of carbonyl (C=O) groups is 1. The van der Waals surface area contributed by atoms with Crippen molar-refractivity contribution in [1.29, 1.82) is 0 Å². The number of halogens is 7. The number of rotatable bonds is 10. The van der Waals surface area contributed by atoms with Crippen molar-refractivity contribution in [2.24, 2.45) is 0 Å². The number of amides is 2. The minimum Gasteiger partial charge on any atom is -0.374 e. The van der Waals surface area contributed by atoms with Crippen LogP contribution in [0.15, 0.2) is 42.5 Å². The Bertz CT molecular complexity index is 1040. The molecule has 2 aromatic rings. The molecule has 0 spiro atoms. The number of benzene rings is 2. The molecule has 0 aliphatic carbocycles. The summed E-state index contributed by atoms with van der Waals surface area (Å²) in [6, 6.07) is 6.05. The van der Waals surface area contributed by atoms with Gasteiger partial charge in [0.05, 0.1) is 30.9 Å². The second-order valence-corrected chi connectivity index (χ2v) is 9.01. The number of urea groups is 1. The second-order valence-electron chi connectivity index (χ2n) is 9.01. The quantitative estimate of drug-likeness (QED) is 0.385. The van der Waals surface area contributed by atoms with Gasteiger partial charge in [0.15, 0.2) is 0 Å². The third-order valence-electron chi connectivity index (χ3n) is 6.35. The van der Waals surface area contributed by atoms with E-state index < -0.39 is 47.5 Å². The van der Waals surface area contributed by atoms with Crippen LogP contribution in [0.3, 0.4) is 0 Å². The van der Waals surface area contributed by atoms with Gasteiger partial charge in [-0.25, -0.2) is 9.18 Å². The van der Waals surface area contributed by atoms with Gasteiger partial charge in [-0.15, -0.1) is 0 Å². The Labute approximate surface area is 210 Å². The second kappa shape index (κ2) is 11.3. The van der Waals surface area contributed by atoms with Gasteiger partial charge >= 0.3 is 18.4 Å². The molecule has 0 aromatic heterocycles. The molecule has 1 saturated heterocycles. The van der Waals surface area contributed by atoms with Crippen LogP contribution in [0.2, 0.25) is 0 Å². The van der Waals surface area contributed by atoms with Crippen LogP contribution in [0.4, 0.5) is 35.5 Å². The summed E-state index contributed by atoms with van der Waals surface area (Å²) in [5.41, 5.74) is -3.90. The fourth-order valence-corrected chi connectivity index (χ4v) is 4.41. The molecule has 5 nitrogen and oxygen atoms in total. The van der Waals surface area contributed by atoms with Crippen molar-refractivity contribution >= 4 is 6.03 Å². The third-order valence-corrected chi connectivity index (χ3v) is 6.35. The van der Waals surface area contributed by atoms with Crippen molar-refractivity contribution in [2.75, 3.05) is 26.7 Å². The molecule has 2 N–H and O–H groups in total. The number of nitrogens with one attached hydrogen (secondary N) is 2. The maximum absolute atomic E-state index is 13.6. The lowest BCUT2D eigenvalue weighted by Crippen LogP contribution is -2.45. The zero-order valence-corrected chi connectivity index (χ0v) is 20.3. The van der Waals surface area contributed by atoms with Gasteiger partial charge in [0.2, 0.25) is 0 Å². The van der Waals surface area contributed by atoms with Gasteiger partial charge in [0, 0.05) is 6.04 Å². The van der Waals surface area contributed by atoms with Crippen molar-refractivity contribution in [2.45, 2.75) is 50.3 Å². The Hall–Kier alpha value is -2.86. The molecule has 0 radical (unpaired) electrons. The molecule has 2 unspecified atom stereocenters. The zero-order valence-electron chi connectivity index (χ0n) is 20.3. The van der Waals surface area contributed by atoms with Crippen molar-refractivity contribution in [3.63, 3.8) is 0 Å². The van der Waals surface area contributed by atoms with E-state index in [4.69, 9.17) is 4.74 Å². The van der Waals surface area contributed by atoms with Gasteiger partial charge in [-0.1, -0.05) is 19.1 Å². The average molecular weight is 536 g/mol. The summed E-state index contributed by atoms with van der Waals surface area (Å²) in [5.74, 6) is -0.509. The van der Waals surface area contributed by atoms with Crippen LogP contribution < -0.4 is 10.6 Å². The molecule has 0 saturated carbocycles. The highest BCUT2D eigenvalue weighted by atomic mass is 19.4. The van der Waals surface area contributed by atoms with Crippen LogP contribution >= 0.6 is 0 Å². The molecule has 2 aromatic carbocycles. The molecule has 1 aliphatic rings. The highest BCUT2D eigenvalue weighted by Crippen LogP contribution is 2.37. The summed E-state index contributed by atoms with van der Waals surface area (Å²) in [4.78, 5) is 14.6. The standard InChI is InChI=1S/C25H28F7N3O2/c1-3-21(8-9-33-2)35-14-23(34-22(35)36,17-4-6-20(26)7-5-17)15-37-13-16-10-18(24(27,28)29)12-19(11-16)25(30,31)32/h4-7,10-12,21,33H,3,8-9,13-15H2,1-2H3,(H,34,36). The molecular weight excluding hydrogens is 507 g/mol. The lowest BCUT2D eigenvalue weighted by molar-refractivity contribution is -0.143. The van der Waals surface area contributed by atoms with E-state index in [2.05, 4.69) is 10.6 Å². The van der Waals surface area contributed by atoms with E-state index in [1.165, 1.54) is 24.3 Å². The number of ether oxygens (including phenoxy) is 1. The Morgan fingerprint density at radius 2 is 1.65 bits per heavy atom. The molecule has 12 heteroatoms. The minimum atomic E-state index is -4.98. The fraction of sp³-hybridized carbons (Fsp3) is 0.480. The molecule has 37 heavy (non-hydrogen) atoms. The molecule has 204 valence electrons. The van der Waals surface area contributed by atoms with Gasteiger partial charge in [-0.3, -0.25) is 0 Å². The van der Waals surface area contributed by atoms with E-state index in [-0.39, 0.29) is 30.8 Å². The zero-order chi connectivity index (χ0) is 27.4. The van der Waals surface area contributed by atoms with Gasteiger partial charge < -0.3 is 20.3 Å². The Kier molecular flexibility index (Phi) is 8.74. The number of nitrogens with zero attached hydrogens (tertiary/aromatic N) is 1. The summed E-state index contributed by atoms with van der Waals surface area (Å²) in [5, 5.41) is 5.89.